The molecule has 0 bridgehead atoms. The van der Waals surface area contributed by atoms with Gasteiger partial charge < -0.3 is 9.72 Å². The van der Waals surface area contributed by atoms with Crippen molar-refractivity contribution in [1.82, 2.24) is 15.0 Å². The molecule has 2 aromatic heterocycles. The molecular formula is C13H13N3O2. The lowest BCUT2D eigenvalue weighted by atomic mass is 9.95. The minimum atomic E-state index is -0.304. The first-order chi connectivity index (χ1) is 8.65. The number of hydrogen-bond acceptors (Lipinski definition) is 4. The van der Waals surface area contributed by atoms with Gasteiger partial charge in [0.05, 0.1) is 11.4 Å². The summed E-state index contributed by atoms with van der Waals surface area (Å²) in [7, 11) is 0. The molecule has 1 N–H and O–H groups in total. The molecule has 3 rings (SSSR count). The number of aromatic amines is 1. The fourth-order valence-corrected chi connectivity index (χ4v) is 2.29. The van der Waals surface area contributed by atoms with Crippen LogP contribution in [-0.2, 0) is 17.6 Å². The first-order valence-corrected chi connectivity index (χ1v) is 5.86. The summed E-state index contributed by atoms with van der Waals surface area (Å²) in [5, 5.41) is 0. The largest absolute Gasteiger partial charge is 0.425 e. The molecule has 1 aliphatic rings. The highest BCUT2D eigenvalue weighted by molar-refractivity contribution is 5.74. The van der Waals surface area contributed by atoms with E-state index >= 15 is 0 Å². The van der Waals surface area contributed by atoms with E-state index < -0.39 is 0 Å². The number of rotatable bonds is 1. The van der Waals surface area contributed by atoms with Crippen molar-refractivity contribution in [1.29, 1.82) is 0 Å². The molecule has 1 aliphatic carbocycles. The van der Waals surface area contributed by atoms with Crippen molar-refractivity contribution in [2.24, 2.45) is 0 Å². The molecule has 0 amide bonds. The van der Waals surface area contributed by atoms with Crippen LogP contribution in [0.4, 0.5) is 0 Å². The zero-order valence-corrected chi connectivity index (χ0v) is 10.3. The van der Waals surface area contributed by atoms with Gasteiger partial charge in [-0.15, -0.1) is 0 Å². The van der Waals surface area contributed by atoms with Gasteiger partial charge in [-0.1, -0.05) is 0 Å². The Labute approximate surface area is 104 Å². The number of carbonyl (C=O) groups is 1. The Kier molecular flexibility index (Phi) is 2.40. The molecular weight excluding hydrogens is 230 g/mol. The molecule has 0 radical (unpaired) electrons. The molecule has 0 unspecified atom stereocenters. The van der Waals surface area contributed by atoms with Crippen molar-refractivity contribution in [3.63, 3.8) is 0 Å². The third-order valence-electron chi connectivity index (χ3n) is 3.07. The number of aryl methyl sites for hydroxylation is 2. The van der Waals surface area contributed by atoms with Gasteiger partial charge >= 0.3 is 5.97 Å². The second-order valence-electron chi connectivity index (χ2n) is 4.39. The molecule has 92 valence electrons. The van der Waals surface area contributed by atoms with Gasteiger partial charge in [0.2, 0.25) is 0 Å². The molecule has 0 spiro atoms. The third kappa shape index (κ3) is 1.68. The maximum atomic E-state index is 11.0. The van der Waals surface area contributed by atoms with Crippen LogP contribution in [0.15, 0.2) is 12.4 Å². The van der Waals surface area contributed by atoms with Crippen LogP contribution in [0.3, 0.4) is 0 Å². The molecule has 0 aliphatic heterocycles. The molecule has 5 nitrogen and oxygen atoms in total. The predicted octanol–water partition coefficient (Wildman–Crippen LogP) is 1.80. The van der Waals surface area contributed by atoms with E-state index in [-0.39, 0.29) is 5.97 Å². The van der Waals surface area contributed by atoms with E-state index in [0.29, 0.717) is 5.75 Å². The van der Waals surface area contributed by atoms with Gasteiger partial charge in [0.1, 0.15) is 5.82 Å². The van der Waals surface area contributed by atoms with Crippen LogP contribution in [0.25, 0.3) is 11.4 Å². The summed E-state index contributed by atoms with van der Waals surface area (Å²) in [6.07, 6.45) is 5.29. The van der Waals surface area contributed by atoms with Gasteiger partial charge in [-0.25, -0.2) is 9.97 Å². The minimum absolute atomic E-state index is 0.304. The van der Waals surface area contributed by atoms with Crippen LogP contribution >= 0.6 is 0 Å². The first kappa shape index (κ1) is 11.0. The molecule has 2 aromatic rings. The van der Waals surface area contributed by atoms with Gasteiger partial charge in [0.25, 0.3) is 0 Å². The fourth-order valence-electron chi connectivity index (χ4n) is 2.29. The number of hydrogen-bond donors (Lipinski definition) is 1. The average Bonchev–Trinajstić information content (AvgIpc) is 2.72. The van der Waals surface area contributed by atoms with E-state index in [2.05, 4.69) is 15.0 Å². The van der Waals surface area contributed by atoms with E-state index in [4.69, 9.17) is 4.74 Å². The van der Waals surface area contributed by atoms with E-state index in [1.54, 1.807) is 6.20 Å². The monoisotopic (exact) mass is 243 g/mol. The smallest absolute Gasteiger partial charge is 0.308 e. The van der Waals surface area contributed by atoms with E-state index in [9.17, 15) is 4.79 Å². The molecule has 0 saturated heterocycles. The Balaban J connectivity index is 2.11. The lowest BCUT2D eigenvalue weighted by Crippen LogP contribution is -2.09. The van der Waals surface area contributed by atoms with Gasteiger partial charge in [-0.05, 0) is 25.3 Å². The first-order valence-electron chi connectivity index (χ1n) is 5.86. The SMILES string of the molecule is CC(=O)Oc1c[nH]c2c1CCc1cnc(C)nc1-2. The predicted molar refractivity (Wildman–Crippen MR) is 65.3 cm³/mol. The molecule has 18 heavy (non-hydrogen) atoms. The Bertz CT molecular complexity index is 631. The summed E-state index contributed by atoms with van der Waals surface area (Å²) in [6, 6.07) is 0. The van der Waals surface area contributed by atoms with Gasteiger partial charge in [0.15, 0.2) is 5.75 Å². The maximum Gasteiger partial charge on any atom is 0.308 e. The van der Waals surface area contributed by atoms with E-state index in [1.807, 2.05) is 13.1 Å². The molecule has 0 atom stereocenters. The van der Waals surface area contributed by atoms with Gasteiger partial charge in [-0.3, -0.25) is 4.79 Å². The highest BCUT2D eigenvalue weighted by Crippen LogP contribution is 2.36. The number of H-pyrrole nitrogens is 1. The van der Waals surface area contributed by atoms with Crippen LogP contribution < -0.4 is 4.74 Å². The van der Waals surface area contributed by atoms with Crippen LogP contribution in [0, 0.1) is 6.92 Å². The van der Waals surface area contributed by atoms with Crippen molar-refractivity contribution in [3.05, 3.63) is 29.3 Å². The highest BCUT2D eigenvalue weighted by Gasteiger charge is 2.23. The zero-order valence-electron chi connectivity index (χ0n) is 10.3. The number of aromatic nitrogens is 3. The summed E-state index contributed by atoms with van der Waals surface area (Å²) in [6.45, 7) is 3.27. The van der Waals surface area contributed by atoms with Crippen molar-refractivity contribution in [2.45, 2.75) is 26.7 Å². The topological polar surface area (TPSA) is 67.9 Å². The van der Waals surface area contributed by atoms with Gasteiger partial charge in [0, 0.05) is 24.9 Å². The summed E-state index contributed by atoms with van der Waals surface area (Å²) >= 11 is 0. The average molecular weight is 243 g/mol. The standard InChI is InChI=1S/C13H13N3O2/c1-7-14-5-9-3-4-10-11(18-8(2)17)6-15-13(10)12(9)16-7/h5-6,15H,3-4H2,1-2H3. The van der Waals surface area contributed by atoms with Crippen LogP contribution in [0.1, 0.15) is 23.9 Å². The second kappa shape index (κ2) is 3.94. The number of nitrogens with one attached hydrogen (secondary N) is 1. The van der Waals surface area contributed by atoms with Crippen molar-refractivity contribution in [2.75, 3.05) is 0 Å². The van der Waals surface area contributed by atoms with Crippen molar-refractivity contribution in [3.8, 4) is 17.1 Å². The Morgan fingerprint density at radius 2 is 2.28 bits per heavy atom. The fraction of sp³-hybridized carbons (Fsp3) is 0.308. The number of nitrogens with zero attached hydrogens (tertiary/aromatic N) is 2. The Morgan fingerprint density at radius 3 is 3.06 bits per heavy atom. The second-order valence-corrected chi connectivity index (χ2v) is 4.39. The zero-order chi connectivity index (χ0) is 12.7. The molecule has 0 aromatic carbocycles. The molecule has 5 heteroatoms. The molecule has 0 saturated carbocycles. The Morgan fingerprint density at radius 1 is 1.44 bits per heavy atom. The quantitative estimate of drug-likeness (QED) is 0.775. The number of ether oxygens (including phenoxy) is 1. The van der Waals surface area contributed by atoms with Crippen molar-refractivity contribution >= 4 is 5.97 Å². The maximum absolute atomic E-state index is 11.0. The molecule has 2 heterocycles. The highest BCUT2D eigenvalue weighted by atomic mass is 16.5. The summed E-state index contributed by atoms with van der Waals surface area (Å²) in [5.41, 5.74) is 4.01. The number of carbonyl (C=O) groups excluding carboxylic acids is 1. The number of esters is 1. The van der Waals surface area contributed by atoms with Crippen LogP contribution in [0.5, 0.6) is 5.75 Å². The third-order valence-corrected chi connectivity index (χ3v) is 3.07. The van der Waals surface area contributed by atoms with E-state index in [1.165, 1.54) is 6.92 Å². The Hall–Kier alpha value is -2.17. The minimum Gasteiger partial charge on any atom is -0.425 e. The van der Waals surface area contributed by atoms with Crippen LogP contribution in [0.2, 0.25) is 0 Å². The van der Waals surface area contributed by atoms with E-state index in [0.717, 1.165) is 41.2 Å². The normalized spacial score (nSPS) is 12.8. The summed E-state index contributed by atoms with van der Waals surface area (Å²) in [5.74, 6) is 1.05. The molecule has 0 fully saturated rings. The summed E-state index contributed by atoms with van der Waals surface area (Å²) in [4.78, 5) is 22.9. The van der Waals surface area contributed by atoms with Gasteiger partial charge in [-0.2, -0.15) is 0 Å². The lowest BCUT2D eigenvalue weighted by molar-refractivity contribution is -0.131. The number of fused-ring (bicyclic) bond motifs is 3. The van der Waals surface area contributed by atoms with Crippen molar-refractivity contribution < 1.29 is 9.53 Å². The van der Waals surface area contributed by atoms with Crippen LogP contribution in [-0.4, -0.2) is 20.9 Å². The lowest BCUT2D eigenvalue weighted by Gasteiger charge is -2.15. The summed E-state index contributed by atoms with van der Waals surface area (Å²) < 4.78 is 5.18.